The molecule has 0 unspecified atom stereocenters. The molecule has 0 amide bonds. The third-order valence-corrected chi connectivity index (χ3v) is 2.71. The fraction of sp³-hybridized carbons (Fsp3) is 0.154. The van der Waals surface area contributed by atoms with Crippen LogP contribution in [0.3, 0.4) is 0 Å². The minimum Gasteiger partial charge on any atom is -0.338 e. The fourth-order valence-corrected chi connectivity index (χ4v) is 1.86. The van der Waals surface area contributed by atoms with Crippen LogP contribution in [0.4, 0.5) is 11.5 Å². The predicted octanol–water partition coefficient (Wildman–Crippen LogP) is 2.42. The second-order valence-electron chi connectivity index (χ2n) is 4.14. The highest BCUT2D eigenvalue weighted by molar-refractivity contribution is 5.85. The number of nitrogens with one attached hydrogen (secondary N) is 1. The molecule has 0 saturated carbocycles. The number of aromatic nitrogens is 4. The van der Waals surface area contributed by atoms with Crippen LogP contribution in [0.1, 0.15) is 5.82 Å². The SMILES string of the molecule is Cc1nc(Nc2ccccc2)c2ncn(C)c2n1. The van der Waals surface area contributed by atoms with Gasteiger partial charge in [0.2, 0.25) is 0 Å². The molecule has 0 fully saturated rings. The Labute approximate surface area is 105 Å². The van der Waals surface area contributed by atoms with Gasteiger partial charge in [0, 0.05) is 12.7 Å². The third kappa shape index (κ3) is 1.79. The van der Waals surface area contributed by atoms with Crippen LogP contribution in [-0.4, -0.2) is 19.5 Å². The zero-order valence-corrected chi connectivity index (χ0v) is 10.3. The number of rotatable bonds is 2. The van der Waals surface area contributed by atoms with Crippen molar-refractivity contribution in [3.63, 3.8) is 0 Å². The first kappa shape index (κ1) is 10.7. The van der Waals surface area contributed by atoms with Gasteiger partial charge in [-0.25, -0.2) is 15.0 Å². The first-order valence-electron chi connectivity index (χ1n) is 5.72. The topological polar surface area (TPSA) is 55.6 Å². The Kier molecular flexibility index (Phi) is 2.44. The molecule has 0 bridgehead atoms. The normalized spacial score (nSPS) is 10.8. The summed E-state index contributed by atoms with van der Waals surface area (Å²) in [6, 6.07) is 9.92. The van der Waals surface area contributed by atoms with E-state index in [0.29, 0.717) is 0 Å². The average Bonchev–Trinajstić information content (AvgIpc) is 2.73. The maximum Gasteiger partial charge on any atom is 0.165 e. The molecule has 0 radical (unpaired) electrons. The molecule has 1 N–H and O–H groups in total. The number of benzene rings is 1. The summed E-state index contributed by atoms with van der Waals surface area (Å²) in [5.41, 5.74) is 2.61. The van der Waals surface area contributed by atoms with E-state index in [-0.39, 0.29) is 0 Å². The Balaban J connectivity index is 2.11. The molecule has 1 aromatic carbocycles. The second-order valence-corrected chi connectivity index (χ2v) is 4.14. The second kappa shape index (κ2) is 4.10. The fourth-order valence-electron chi connectivity index (χ4n) is 1.86. The van der Waals surface area contributed by atoms with Crippen molar-refractivity contribution in [2.45, 2.75) is 6.92 Å². The van der Waals surface area contributed by atoms with Crippen LogP contribution >= 0.6 is 0 Å². The number of imidazole rings is 1. The van der Waals surface area contributed by atoms with Crippen molar-refractivity contribution < 1.29 is 0 Å². The largest absolute Gasteiger partial charge is 0.338 e. The molecule has 5 nitrogen and oxygen atoms in total. The molecule has 3 rings (SSSR count). The van der Waals surface area contributed by atoms with Crippen LogP contribution in [0.5, 0.6) is 0 Å². The summed E-state index contributed by atoms with van der Waals surface area (Å²) in [5, 5.41) is 3.27. The number of anilines is 2. The lowest BCUT2D eigenvalue weighted by molar-refractivity contribution is 0.920. The third-order valence-electron chi connectivity index (χ3n) is 2.71. The van der Waals surface area contributed by atoms with E-state index >= 15 is 0 Å². The number of hydrogen-bond acceptors (Lipinski definition) is 4. The van der Waals surface area contributed by atoms with Crippen LogP contribution in [0, 0.1) is 6.92 Å². The molecule has 0 aliphatic carbocycles. The van der Waals surface area contributed by atoms with E-state index in [9.17, 15) is 0 Å². The van der Waals surface area contributed by atoms with Crippen molar-refractivity contribution >= 4 is 22.7 Å². The zero-order valence-electron chi connectivity index (χ0n) is 10.3. The molecule has 18 heavy (non-hydrogen) atoms. The van der Waals surface area contributed by atoms with Gasteiger partial charge < -0.3 is 9.88 Å². The maximum absolute atomic E-state index is 4.41. The Morgan fingerprint density at radius 2 is 1.89 bits per heavy atom. The van der Waals surface area contributed by atoms with Crippen LogP contribution in [0.25, 0.3) is 11.2 Å². The lowest BCUT2D eigenvalue weighted by Crippen LogP contribution is -2.00. The summed E-state index contributed by atoms with van der Waals surface area (Å²) in [5.74, 6) is 1.47. The molecule has 0 spiro atoms. The van der Waals surface area contributed by atoms with Crippen molar-refractivity contribution in [1.82, 2.24) is 19.5 Å². The lowest BCUT2D eigenvalue weighted by atomic mass is 10.3. The Hall–Kier alpha value is -2.43. The molecular formula is C13H13N5. The van der Waals surface area contributed by atoms with E-state index in [0.717, 1.165) is 28.5 Å². The zero-order chi connectivity index (χ0) is 12.5. The molecule has 0 saturated heterocycles. The van der Waals surface area contributed by atoms with E-state index in [1.165, 1.54) is 0 Å². The van der Waals surface area contributed by atoms with Gasteiger partial charge in [0.25, 0.3) is 0 Å². The summed E-state index contributed by atoms with van der Waals surface area (Å²) >= 11 is 0. The number of hydrogen-bond donors (Lipinski definition) is 1. The summed E-state index contributed by atoms with van der Waals surface area (Å²) in [6.07, 6.45) is 1.74. The molecule has 3 aromatic rings. The van der Waals surface area contributed by atoms with E-state index in [1.54, 1.807) is 6.33 Å². The van der Waals surface area contributed by atoms with Gasteiger partial charge in [-0.05, 0) is 19.1 Å². The highest BCUT2D eigenvalue weighted by Crippen LogP contribution is 2.21. The van der Waals surface area contributed by atoms with Crippen LogP contribution in [0.15, 0.2) is 36.7 Å². The van der Waals surface area contributed by atoms with Gasteiger partial charge in [-0.1, -0.05) is 18.2 Å². The van der Waals surface area contributed by atoms with Crippen molar-refractivity contribution in [3.05, 3.63) is 42.5 Å². The molecule has 5 heteroatoms. The van der Waals surface area contributed by atoms with Gasteiger partial charge in [-0.3, -0.25) is 0 Å². The Bertz CT molecular complexity index is 687. The van der Waals surface area contributed by atoms with E-state index in [1.807, 2.05) is 48.9 Å². The van der Waals surface area contributed by atoms with E-state index < -0.39 is 0 Å². The van der Waals surface area contributed by atoms with Crippen LogP contribution in [-0.2, 0) is 7.05 Å². The number of aryl methyl sites for hydroxylation is 2. The minimum absolute atomic E-state index is 0.726. The number of nitrogens with zero attached hydrogens (tertiary/aromatic N) is 4. The molecule has 0 aliphatic heterocycles. The lowest BCUT2D eigenvalue weighted by Gasteiger charge is -2.06. The number of fused-ring (bicyclic) bond motifs is 1. The summed E-state index contributed by atoms with van der Waals surface area (Å²) in [6.45, 7) is 1.88. The van der Waals surface area contributed by atoms with Gasteiger partial charge in [0.1, 0.15) is 5.82 Å². The summed E-state index contributed by atoms with van der Waals surface area (Å²) < 4.78 is 1.89. The summed E-state index contributed by atoms with van der Waals surface area (Å²) in [7, 11) is 1.92. The summed E-state index contributed by atoms with van der Waals surface area (Å²) in [4.78, 5) is 13.1. The highest BCUT2D eigenvalue weighted by atomic mass is 15.1. The van der Waals surface area contributed by atoms with E-state index in [2.05, 4.69) is 20.3 Å². The predicted molar refractivity (Wildman–Crippen MR) is 70.8 cm³/mol. The van der Waals surface area contributed by atoms with Crippen molar-refractivity contribution in [2.75, 3.05) is 5.32 Å². The first-order valence-corrected chi connectivity index (χ1v) is 5.72. The Morgan fingerprint density at radius 3 is 2.67 bits per heavy atom. The van der Waals surface area contributed by atoms with Gasteiger partial charge in [-0.15, -0.1) is 0 Å². The quantitative estimate of drug-likeness (QED) is 0.746. The van der Waals surface area contributed by atoms with Gasteiger partial charge >= 0.3 is 0 Å². The Morgan fingerprint density at radius 1 is 1.11 bits per heavy atom. The van der Waals surface area contributed by atoms with Crippen molar-refractivity contribution in [1.29, 1.82) is 0 Å². The molecule has 0 atom stereocenters. The number of para-hydroxylation sites is 1. The smallest absolute Gasteiger partial charge is 0.165 e. The van der Waals surface area contributed by atoms with Crippen LogP contribution < -0.4 is 5.32 Å². The average molecular weight is 239 g/mol. The van der Waals surface area contributed by atoms with Crippen LogP contribution in [0.2, 0.25) is 0 Å². The van der Waals surface area contributed by atoms with E-state index in [4.69, 9.17) is 0 Å². The van der Waals surface area contributed by atoms with Gasteiger partial charge in [0.05, 0.1) is 6.33 Å². The molecule has 90 valence electrons. The molecule has 2 heterocycles. The van der Waals surface area contributed by atoms with Gasteiger partial charge in [-0.2, -0.15) is 0 Å². The monoisotopic (exact) mass is 239 g/mol. The highest BCUT2D eigenvalue weighted by Gasteiger charge is 2.10. The molecule has 2 aromatic heterocycles. The maximum atomic E-state index is 4.41. The van der Waals surface area contributed by atoms with Gasteiger partial charge in [0.15, 0.2) is 17.0 Å². The standard InChI is InChI=1S/C13H13N5/c1-9-15-12(17-10-6-4-3-5-7-10)11-13(16-9)18(2)8-14-11/h3-8H,1-2H3,(H,15,16,17). The molecule has 0 aliphatic rings. The van der Waals surface area contributed by atoms with Crippen molar-refractivity contribution in [2.24, 2.45) is 7.05 Å². The molecular weight excluding hydrogens is 226 g/mol. The minimum atomic E-state index is 0.726. The van der Waals surface area contributed by atoms with Crippen molar-refractivity contribution in [3.8, 4) is 0 Å². The first-order chi connectivity index (χ1) is 8.74.